The molecule has 1 atom stereocenters. The van der Waals surface area contributed by atoms with Crippen molar-refractivity contribution < 1.29 is 36.3 Å². The van der Waals surface area contributed by atoms with Gasteiger partial charge in [0.05, 0.1) is 52.4 Å². The predicted molar refractivity (Wildman–Crippen MR) is 223 cm³/mol. The van der Waals surface area contributed by atoms with Gasteiger partial charge in [0.2, 0.25) is 5.91 Å². The second-order valence-corrected chi connectivity index (χ2v) is 17.9. The maximum Gasteiger partial charge on any atom is 0.329 e. The van der Waals surface area contributed by atoms with E-state index in [9.17, 15) is 28.1 Å². The Labute approximate surface area is 354 Å². The van der Waals surface area contributed by atoms with Gasteiger partial charge in [-0.1, -0.05) is 6.92 Å². The number of nitriles is 1. The van der Waals surface area contributed by atoms with E-state index >= 15 is 8.78 Å². The zero-order chi connectivity index (χ0) is 43.7. The van der Waals surface area contributed by atoms with Crippen molar-refractivity contribution in [2.24, 2.45) is 7.05 Å². The molecule has 9 rings (SSSR count). The van der Waals surface area contributed by atoms with Gasteiger partial charge in [0.1, 0.15) is 23.2 Å². The van der Waals surface area contributed by atoms with Gasteiger partial charge in [0.25, 0.3) is 5.56 Å². The van der Waals surface area contributed by atoms with Crippen molar-refractivity contribution >= 4 is 61.1 Å². The molecule has 0 radical (unpaired) electrons. The Morgan fingerprint density at radius 1 is 1.05 bits per heavy atom. The summed E-state index contributed by atoms with van der Waals surface area (Å²) in [5.74, 6) is -1.82. The van der Waals surface area contributed by atoms with Crippen LogP contribution in [0, 0.1) is 23.0 Å². The van der Waals surface area contributed by atoms with Gasteiger partial charge >= 0.3 is 16.2 Å². The average molecular weight is 872 g/mol. The molecule has 0 aliphatic carbocycles. The smallest absolute Gasteiger partial charge is 0.329 e. The van der Waals surface area contributed by atoms with Gasteiger partial charge in [-0.3, -0.25) is 38.7 Å². The lowest BCUT2D eigenvalue weighted by Gasteiger charge is -2.52. The molecule has 0 saturated carbocycles. The van der Waals surface area contributed by atoms with E-state index < -0.39 is 39.2 Å². The number of benzene rings is 3. The number of carbonyl (C=O) groups excluding carboxylic acids is 2. The van der Waals surface area contributed by atoms with Crippen LogP contribution in [0.25, 0.3) is 21.8 Å². The van der Waals surface area contributed by atoms with Crippen molar-refractivity contribution in [2.45, 2.75) is 50.3 Å². The number of nitrogens with one attached hydrogen (secondary N) is 2. The largest absolute Gasteiger partial charge is 0.453 e. The molecule has 18 nitrogen and oxygen atoms in total. The molecule has 3 amide bonds. The quantitative estimate of drug-likeness (QED) is 0.205. The minimum absolute atomic E-state index is 0.0486. The van der Waals surface area contributed by atoms with Crippen molar-refractivity contribution in [1.82, 2.24) is 33.9 Å². The van der Waals surface area contributed by atoms with Crippen molar-refractivity contribution in [2.75, 3.05) is 67.4 Å². The third kappa shape index (κ3) is 7.25. The molecule has 4 saturated heterocycles. The van der Waals surface area contributed by atoms with Crippen molar-refractivity contribution in [1.29, 1.82) is 5.26 Å². The number of carbonyl (C=O) groups is 2. The van der Waals surface area contributed by atoms with Gasteiger partial charge in [-0.25, -0.2) is 18.6 Å². The molecule has 4 aliphatic rings. The molecule has 21 heteroatoms. The topological polar surface area (TPSA) is 200 Å². The monoisotopic (exact) mass is 871 g/mol. The molecule has 1 spiro atoms. The van der Waals surface area contributed by atoms with Crippen LogP contribution in [-0.4, -0.2) is 113 Å². The van der Waals surface area contributed by atoms with E-state index in [1.807, 2.05) is 11.0 Å². The van der Waals surface area contributed by atoms with Crippen molar-refractivity contribution in [3.8, 4) is 17.6 Å². The number of anilines is 3. The standard InChI is InChI=1S/C41H43F2N11O7S/c1-4-49(2)62(58,59)48-33-8-6-30(42)37(29(33)19-44)61-26-5-7-32-27(15-26)39(56)54(23-45-32)25-18-41(60-20-25)21-52(22-41)24-9-12-51(13-10-24)35-17-34-28(16-31(35)43)38(47-50(34)3)53-14-11-36(55)46-40(53)57/h5-8,15-17,23-25,48H,4,9-14,18,20-22H2,1-3H3,(H,46,55,57)/t25-/m0/s1. The highest BCUT2D eigenvalue weighted by molar-refractivity contribution is 7.90. The van der Waals surface area contributed by atoms with Gasteiger partial charge in [0, 0.05) is 77.6 Å². The molecule has 324 valence electrons. The first-order chi connectivity index (χ1) is 29.7. The van der Waals surface area contributed by atoms with Crippen LogP contribution in [0.2, 0.25) is 0 Å². The van der Waals surface area contributed by atoms with E-state index in [-0.39, 0.29) is 65.4 Å². The number of amides is 3. The number of aromatic nitrogens is 4. The van der Waals surface area contributed by atoms with E-state index in [0.29, 0.717) is 67.1 Å². The Kier molecular flexibility index (Phi) is 10.4. The normalized spacial score (nSPS) is 19.7. The molecule has 5 aromatic rings. The van der Waals surface area contributed by atoms with E-state index in [0.717, 1.165) is 29.3 Å². The Bertz CT molecular complexity index is 2870. The highest BCUT2D eigenvalue weighted by Gasteiger charge is 2.52. The van der Waals surface area contributed by atoms with Crippen LogP contribution in [-0.2, 0) is 26.8 Å². The number of ether oxygens (including phenoxy) is 2. The Balaban J connectivity index is 0.843. The van der Waals surface area contributed by atoms with Crippen molar-refractivity contribution in [3.05, 3.63) is 76.3 Å². The molecule has 6 heterocycles. The first-order valence-corrected chi connectivity index (χ1v) is 21.7. The molecule has 3 aromatic carbocycles. The lowest BCUT2D eigenvalue weighted by molar-refractivity contribution is -0.128. The summed E-state index contributed by atoms with van der Waals surface area (Å²) in [6.45, 7) is 4.91. The van der Waals surface area contributed by atoms with Crippen LogP contribution in [0.5, 0.6) is 11.5 Å². The van der Waals surface area contributed by atoms with E-state index in [4.69, 9.17) is 9.47 Å². The van der Waals surface area contributed by atoms with Crippen LogP contribution in [0.1, 0.15) is 44.2 Å². The highest BCUT2D eigenvalue weighted by atomic mass is 32.2. The zero-order valence-corrected chi connectivity index (χ0v) is 34.9. The fourth-order valence-electron chi connectivity index (χ4n) is 8.90. The van der Waals surface area contributed by atoms with Gasteiger partial charge in [-0.15, -0.1) is 0 Å². The number of hydrogen-bond donors (Lipinski definition) is 2. The SMILES string of the molecule is CCN(C)S(=O)(=O)Nc1ccc(F)c(Oc2ccc3ncn([C@@H]4COC5(C4)CN(C4CCN(c6cc7c(cc6F)c(N6CCC(=O)NC6=O)nn7C)CC4)C5)c(=O)c3c2)c1C#N. The van der Waals surface area contributed by atoms with Crippen molar-refractivity contribution in [3.63, 3.8) is 0 Å². The van der Waals surface area contributed by atoms with Crippen LogP contribution in [0.15, 0.2) is 53.6 Å². The summed E-state index contributed by atoms with van der Waals surface area (Å²) in [6, 6.07) is 11.0. The first kappa shape index (κ1) is 41.2. The third-order valence-corrected chi connectivity index (χ3v) is 13.9. The maximum absolute atomic E-state index is 15.7. The number of aryl methyl sites for hydroxylation is 1. The molecule has 2 aromatic heterocycles. The number of urea groups is 1. The van der Waals surface area contributed by atoms with Crippen LogP contribution < -0.4 is 30.1 Å². The molecular formula is C41H43F2N11O7S. The number of nitrogens with zero attached hydrogens (tertiary/aromatic N) is 9. The lowest BCUT2D eigenvalue weighted by Crippen LogP contribution is -2.65. The molecule has 0 bridgehead atoms. The van der Waals surface area contributed by atoms with E-state index in [1.54, 1.807) is 35.4 Å². The van der Waals surface area contributed by atoms with E-state index in [2.05, 4.69) is 25.0 Å². The summed E-state index contributed by atoms with van der Waals surface area (Å²) in [5.41, 5.74) is 0.210. The summed E-state index contributed by atoms with van der Waals surface area (Å²) in [6.07, 6.45) is 3.84. The fourth-order valence-corrected chi connectivity index (χ4v) is 9.84. The first-order valence-electron chi connectivity index (χ1n) is 20.2. The number of likely N-dealkylation sites (tertiary alicyclic amines) is 1. The average Bonchev–Trinajstić information content (AvgIpc) is 3.82. The third-order valence-electron chi connectivity index (χ3n) is 12.4. The Morgan fingerprint density at radius 3 is 2.55 bits per heavy atom. The van der Waals surface area contributed by atoms with Crippen LogP contribution in [0.4, 0.5) is 30.8 Å². The summed E-state index contributed by atoms with van der Waals surface area (Å²) in [7, 11) is -0.929. The second-order valence-electron chi connectivity index (χ2n) is 16.2. The maximum atomic E-state index is 15.7. The molecule has 2 N–H and O–H groups in total. The number of halogens is 2. The number of imide groups is 1. The van der Waals surface area contributed by atoms with Crippen LogP contribution >= 0.6 is 0 Å². The predicted octanol–water partition coefficient (Wildman–Crippen LogP) is 3.96. The Hall–Kier alpha value is -6.21. The lowest BCUT2D eigenvalue weighted by atomic mass is 9.86. The summed E-state index contributed by atoms with van der Waals surface area (Å²) in [5, 5.41) is 17.4. The number of rotatable bonds is 10. The number of fused-ring (bicyclic) bond motifs is 2. The summed E-state index contributed by atoms with van der Waals surface area (Å²) in [4.78, 5) is 48.4. The molecule has 4 aliphatic heterocycles. The number of piperidine rings is 1. The van der Waals surface area contributed by atoms with Crippen LogP contribution in [0.3, 0.4) is 0 Å². The fraction of sp³-hybridized carbons (Fsp3) is 0.415. The van der Waals surface area contributed by atoms with E-state index in [1.165, 1.54) is 36.5 Å². The van der Waals surface area contributed by atoms with Gasteiger partial charge in [-0.05, 0) is 55.3 Å². The van der Waals surface area contributed by atoms with Gasteiger partial charge in [0.15, 0.2) is 17.4 Å². The molecular weight excluding hydrogens is 829 g/mol. The highest BCUT2D eigenvalue weighted by Crippen LogP contribution is 2.43. The second kappa shape index (κ2) is 15.6. The minimum atomic E-state index is -4.03. The molecule has 4 fully saturated rings. The minimum Gasteiger partial charge on any atom is -0.453 e. The van der Waals surface area contributed by atoms with Gasteiger partial charge < -0.3 is 14.4 Å². The number of hydrogen-bond acceptors (Lipinski definition) is 12. The summed E-state index contributed by atoms with van der Waals surface area (Å²) >= 11 is 0. The zero-order valence-electron chi connectivity index (χ0n) is 34.1. The molecule has 0 unspecified atom stereocenters. The Morgan fingerprint density at radius 2 is 1.82 bits per heavy atom. The molecule has 62 heavy (non-hydrogen) atoms. The van der Waals surface area contributed by atoms with Gasteiger partial charge in [-0.2, -0.15) is 23.1 Å². The summed E-state index contributed by atoms with van der Waals surface area (Å²) < 4.78 is 74.9.